The fraction of sp³-hybridized carbons (Fsp3) is 0.189. The highest BCUT2D eigenvalue weighted by molar-refractivity contribution is 5.89. The quantitative estimate of drug-likeness (QED) is 0.140. The lowest BCUT2D eigenvalue weighted by Crippen LogP contribution is -2.23. The fourth-order valence-corrected chi connectivity index (χ4v) is 9.89. The lowest BCUT2D eigenvalue weighted by molar-refractivity contribution is 0.490. The van der Waals surface area contributed by atoms with Crippen molar-refractivity contribution in [1.82, 2.24) is 4.98 Å². The summed E-state index contributed by atoms with van der Waals surface area (Å²) < 4.78 is 0. The molecule has 9 rings (SSSR count). The van der Waals surface area contributed by atoms with E-state index in [0.717, 1.165) is 42.6 Å². The molecule has 1 heterocycles. The Kier molecular flexibility index (Phi) is 8.86. The number of hydrogen-bond donors (Lipinski definition) is 0. The van der Waals surface area contributed by atoms with Crippen molar-refractivity contribution in [2.24, 2.45) is 0 Å². The first kappa shape index (κ1) is 34.8. The summed E-state index contributed by atoms with van der Waals surface area (Å²) >= 11 is 0. The molecule has 0 radical (unpaired) electrons. The van der Waals surface area contributed by atoms with Gasteiger partial charge in [-0.1, -0.05) is 125 Å². The molecule has 2 heteroatoms. The van der Waals surface area contributed by atoms with Crippen molar-refractivity contribution in [3.8, 4) is 33.4 Å². The number of rotatable bonds is 10. The van der Waals surface area contributed by atoms with Gasteiger partial charge in [-0.3, -0.25) is 4.98 Å². The van der Waals surface area contributed by atoms with Crippen molar-refractivity contribution in [3.63, 3.8) is 0 Å². The summed E-state index contributed by atoms with van der Waals surface area (Å²) in [6, 6.07) is 54.4. The van der Waals surface area contributed by atoms with E-state index < -0.39 is 0 Å². The van der Waals surface area contributed by atoms with Crippen LogP contribution in [0.3, 0.4) is 0 Å². The van der Waals surface area contributed by atoms with Crippen LogP contribution < -0.4 is 4.90 Å². The van der Waals surface area contributed by atoms with Gasteiger partial charge in [0.25, 0.3) is 0 Å². The van der Waals surface area contributed by atoms with Gasteiger partial charge in [-0.15, -0.1) is 0 Å². The third-order valence-electron chi connectivity index (χ3n) is 12.9. The van der Waals surface area contributed by atoms with Crippen LogP contribution in [0.25, 0.3) is 45.5 Å². The zero-order valence-corrected chi connectivity index (χ0v) is 32.4. The summed E-state index contributed by atoms with van der Waals surface area (Å²) in [7, 11) is 0. The molecule has 0 aliphatic heterocycles. The Hall–Kier alpha value is -5.99. The SMILES string of the molecule is CCC1(CC)c2cc(/C=C/c3ccncc3)ccc2-c2ccc(-c3ccc4c(c3)C(CC)(CC)c3cc(N(c5ccccc5)c5ccccc5)ccc3-4)cc21. The van der Waals surface area contributed by atoms with Crippen LogP contribution in [-0.2, 0) is 10.8 Å². The second-order valence-electron chi connectivity index (χ2n) is 15.3. The zero-order chi connectivity index (χ0) is 37.6. The number of fused-ring (bicyclic) bond motifs is 6. The van der Waals surface area contributed by atoms with E-state index in [4.69, 9.17) is 0 Å². The highest BCUT2D eigenvalue weighted by atomic mass is 15.1. The molecule has 7 aromatic rings. The van der Waals surface area contributed by atoms with E-state index in [1.54, 1.807) is 0 Å². The van der Waals surface area contributed by atoms with E-state index in [9.17, 15) is 0 Å². The third kappa shape index (κ3) is 5.58. The van der Waals surface area contributed by atoms with Gasteiger partial charge in [0.1, 0.15) is 0 Å². The van der Waals surface area contributed by atoms with Crippen LogP contribution in [0.2, 0.25) is 0 Å². The number of hydrogen-bond acceptors (Lipinski definition) is 2. The Labute approximate surface area is 326 Å². The molecule has 270 valence electrons. The Morgan fingerprint density at radius 2 is 0.855 bits per heavy atom. The van der Waals surface area contributed by atoms with Gasteiger partial charge in [0.05, 0.1) is 0 Å². The molecule has 6 aromatic carbocycles. The maximum Gasteiger partial charge on any atom is 0.0465 e. The van der Waals surface area contributed by atoms with Crippen LogP contribution in [0, 0.1) is 0 Å². The number of para-hydroxylation sites is 2. The average Bonchev–Trinajstić information content (AvgIpc) is 3.69. The van der Waals surface area contributed by atoms with Crippen LogP contribution in [0.1, 0.15) is 86.8 Å². The van der Waals surface area contributed by atoms with Crippen molar-refractivity contribution in [2.75, 3.05) is 4.90 Å². The molecule has 0 saturated carbocycles. The molecule has 0 saturated heterocycles. The molecular weight excluding hydrogens is 665 g/mol. The molecule has 2 nitrogen and oxygen atoms in total. The summed E-state index contributed by atoms with van der Waals surface area (Å²) in [5.74, 6) is 0. The lowest BCUT2D eigenvalue weighted by Gasteiger charge is -2.32. The molecule has 0 amide bonds. The Morgan fingerprint density at radius 3 is 1.36 bits per heavy atom. The first-order valence-electron chi connectivity index (χ1n) is 20.1. The molecule has 0 unspecified atom stereocenters. The molecule has 0 bridgehead atoms. The minimum atomic E-state index is -0.0700. The zero-order valence-electron chi connectivity index (χ0n) is 32.4. The third-order valence-corrected chi connectivity index (χ3v) is 12.9. The monoisotopic (exact) mass is 712 g/mol. The van der Waals surface area contributed by atoms with Gasteiger partial charge in [0.2, 0.25) is 0 Å². The van der Waals surface area contributed by atoms with Crippen LogP contribution in [0.5, 0.6) is 0 Å². The standard InChI is InChI=1S/C53H48N2/c1-5-52(6-2)48-33-38(20-19-37-29-31-54-32-30-37)21-25-44(48)45-26-22-39(34-49(45)52)40-23-27-46-47-28-24-43(36-51(47)53(7-3,8-4)50(46)35-40)55(41-15-11-9-12-16-41)42-17-13-10-14-18-42/h9-36H,5-8H2,1-4H3/b20-19+. The van der Waals surface area contributed by atoms with Gasteiger partial charge in [0.15, 0.2) is 0 Å². The van der Waals surface area contributed by atoms with Gasteiger partial charge in [-0.25, -0.2) is 0 Å². The summed E-state index contributed by atoms with van der Waals surface area (Å²) in [6.45, 7) is 9.47. The molecule has 0 N–H and O–H groups in total. The Bertz CT molecular complexity index is 2480. The number of anilines is 3. The van der Waals surface area contributed by atoms with Crippen LogP contribution in [0.4, 0.5) is 17.1 Å². The predicted molar refractivity (Wildman–Crippen MR) is 233 cm³/mol. The first-order chi connectivity index (χ1) is 27.0. The summed E-state index contributed by atoms with van der Waals surface area (Å²) in [4.78, 5) is 6.57. The smallest absolute Gasteiger partial charge is 0.0465 e. The van der Waals surface area contributed by atoms with Gasteiger partial charge in [-0.2, -0.15) is 0 Å². The van der Waals surface area contributed by atoms with E-state index in [1.807, 2.05) is 12.4 Å². The summed E-state index contributed by atoms with van der Waals surface area (Å²) in [6.07, 6.45) is 12.3. The van der Waals surface area contributed by atoms with Crippen molar-refractivity contribution < 1.29 is 0 Å². The minimum absolute atomic E-state index is 0.0233. The van der Waals surface area contributed by atoms with Crippen molar-refractivity contribution in [1.29, 1.82) is 0 Å². The van der Waals surface area contributed by atoms with Crippen molar-refractivity contribution in [2.45, 2.75) is 64.2 Å². The number of nitrogens with zero attached hydrogens (tertiary/aromatic N) is 2. The van der Waals surface area contributed by atoms with E-state index in [-0.39, 0.29) is 10.8 Å². The average molecular weight is 713 g/mol. The molecule has 0 fully saturated rings. The summed E-state index contributed by atoms with van der Waals surface area (Å²) in [5.41, 5.74) is 19.7. The molecule has 2 aliphatic carbocycles. The van der Waals surface area contributed by atoms with Crippen molar-refractivity contribution >= 4 is 29.2 Å². The second kappa shape index (κ2) is 14.0. The molecule has 0 spiro atoms. The lowest BCUT2D eigenvalue weighted by atomic mass is 9.72. The second-order valence-corrected chi connectivity index (χ2v) is 15.3. The van der Waals surface area contributed by atoms with E-state index >= 15 is 0 Å². The number of aromatic nitrogens is 1. The first-order valence-corrected chi connectivity index (χ1v) is 20.1. The molecule has 0 atom stereocenters. The van der Waals surface area contributed by atoms with Gasteiger partial charge in [-0.05, 0) is 153 Å². The van der Waals surface area contributed by atoms with Crippen LogP contribution in [-0.4, -0.2) is 4.98 Å². The highest BCUT2D eigenvalue weighted by Gasteiger charge is 2.43. The summed E-state index contributed by atoms with van der Waals surface area (Å²) in [5, 5.41) is 0. The van der Waals surface area contributed by atoms with Gasteiger partial charge in [0, 0.05) is 40.3 Å². The number of benzene rings is 6. The van der Waals surface area contributed by atoms with Crippen LogP contribution in [0.15, 0.2) is 158 Å². The molecular formula is C53H48N2. The van der Waals surface area contributed by atoms with E-state index in [1.165, 1.54) is 66.9 Å². The molecule has 55 heavy (non-hydrogen) atoms. The van der Waals surface area contributed by atoms with Gasteiger partial charge >= 0.3 is 0 Å². The van der Waals surface area contributed by atoms with Gasteiger partial charge < -0.3 is 4.90 Å². The maximum absolute atomic E-state index is 4.18. The normalized spacial score (nSPS) is 14.3. The number of pyridine rings is 1. The molecule has 1 aromatic heterocycles. The maximum atomic E-state index is 4.18. The van der Waals surface area contributed by atoms with E-state index in [2.05, 4.69) is 195 Å². The largest absolute Gasteiger partial charge is 0.310 e. The van der Waals surface area contributed by atoms with E-state index in [0.29, 0.717) is 0 Å². The Morgan fingerprint density at radius 1 is 0.418 bits per heavy atom. The van der Waals surface area contributed by atoms with Crippen LogP contribution >= 0.6 is 0 Å². The Balaban J connectivity index is 1.11. The molecule has 2 aliphatic rings. The van der Waals surface area contributed by atoms with Crippen molar-refractivity contribution in [3.05, 3.63) is 191 Å². The predicted octanol–water partition coefficient (Wildman–Crippen LogP) is 14.6. The topological polar surface area (TPSA) is 16.1 Å². The highest BCUT2D eigenvalue weighted by Crippen LogP contribution is 2.56. The minimum Gasteiger partial charge on any atom is -0.310 e. The fourth-order valence-electron chi connectivity index (χ4n) is 9.89.